The van der Waals surface area contributed by atoms with Gasteiger partial charge in [0.25, 0.3) is 0 Å². The summed E-state index contributed by atoms with van der Waals surface area (Å²) in [5, 5.41) is 2.87. The van der Waals surface area contributed by atoms with Gasteiger partial charge in [0, 0.05) is 23.7 Å². The fourth-order valence-electron chi connectivity index (χ4n) is 3.20. The molecule has 3 N–H and O–H groups in total. The van der Waals surface area contributed by atoms with Gasteiger partial charge in [-0.25, -0.2) is 4.39 Å². The molecule has 0 spiro atoms. The minimum atomic E-state index is -0.518. The normalized spacial score (nSPS) is 15.6. The molecule has 136 valence electrons. The van der Waals surface area contributed by atoms with Crippen molar-refractivity contribution in [1.82, 2.24) is 4.90 Å². The molecule has 2 amide bonds. The molecular formula is C20H22FN3O2. The van der Waals surface area contributed by atoms with Gasteiger partial charge in [-0.15, -0.1) is 0 Å². The lowest BCUT2D eigenvalue weighted by Gasteiger charge is -2.31. The van der Waals surface area contributed by atoms with E-state index in [4.69, 9.17) is 5.73 Å². The molecule has 0 unspecified atom stereocenters. The number of hydrogen-bond acceptors (Lipinski definition) is 3. The minimum Gasteiger partial charge on any atom is -0.366 e. The van der Waals surface area contributed by atoms with Gasteiger partial charge in [-0.2, -0.15) is 0 Å². The van der Waals surface area contributed by atoms with Gasteiger partial charge in [0.1, 0.15) is 5.82 Å². The lowest BCUT2D eigenvalue weighted by atomic mass is 9.95. The zero-order valence-electron chi connectivity index (χ0n) is 14.5. The quantitative estimate of drug-likeness (QED) is 0.866. The van der Waals surface area contributed by atoms with Crippen LogP contribution in [-0.2, 0) is 11.3 Å². The van der Waals surface area contributed by atoms with Crippen molar-refractivity contribution in [3.63, 3.8) is 0 Å². The number of primary amides is 1. The van der Waals surface area contributed by atoms with E-state index in [1.807, 2.05) is 0 Å². The molecule has 6 heteroatoms. The van der Waals surface area contributed by atoms with Crippen LogP contribution < -0.4 is 11.1 Å². The second-order valence-electron chi connectivity index (χ2n) is 6.61. The molecule has 2 aromatic carbocycles. The SMILES string of the molecule is NC(=O)c1cccc(NC(=O)C2CCN(Cc3ccc(F)cc3)CC2)c1. The number of anilines is 1. The van der Waals surface area contributed by atoms with E-state index in [1.54, 1.807) is 36.4 Å². The van der Waals surface area contributed by atoms with Gasteiger partial charge in [-0.3, -0.25) is 14.5 Å². The van der Waals surface area contributed by atoms with Gasteiger partial charge >= 0.3 is 0 Å². The van der Waals surface area contributed by atoms with Crippen LogP contribution in [0.1, 0.15) is 28.8 Å². The van der Waals surface area contributed by atoms with E-state index in [-0.39, 0.29) is 17.6 Å². The Balaban J connectivity index is 1.51. The van der Waals surface area contributed by atoms with Crippen LogP contribution in [0.15, 0.2) is 48.5 Å². The molecular weight excluding hydrogens is 333 g/mol. The van der Waals surface area contributed by atoms with Crippen LogP contribution in [0.4, 0.5) is 10.1 Å². The van der Waals surface area contributed by atoms with Gasteiger partial charge in [0.2, 0.25) is 11.8 Å². The summed E-state index contributed by atoms with van der Waals surface area (Å²) in [6.45, 7) is 2.39. The molecule has 0 bridgehead atoms. The van der Waals surface area contributed by atoms with E-state index in [9.17, 15) is 14.0 Å². The van der Waals surface area contributed by atoms with Crippen molar-refractivity contribution in [3.05, 3.63) is 65.5 Å². The molecule has 0 saturated carbocycles. The molecule has 2 aromatic rings. The van der Waals surface area contributed by atoms with E-state index in [1.165, 1.54) is 12.1 Å². The zero-order chi connectivity index (χ0) is 18.5. The fraction of sp³-hybridized carbons (Fsp3) is 0.300. The highest BCUT2D eigenvalue weighted by Gasteiger charge is 2.25. The smallest absolute Gasteiger partial charge is 0.248 e. The fourth-order valence-corrected chi connectivity index (χ4v) is 3.20. The first kappa shape index (κ1) is 18.1. The third-order valence-electron chi connectivity index (χ3n) is 4.69. The summed E-state index contributed by atoms with van der Waals surface area (Å²) < 4.78 is 13.0. The second-order valence-corrected chi connectivity index (χ2v) is 6.61. The molecule has 0 radical (unpaired) electrons. The number of nitrogens with zero attached hydrogens (tertiary/aromatic N) is 1. The first-order valence-corrected chi connectivity index (χ1v) is 8.69. The number of amides is 2. The molecule has 3 rings (SSSR count). The highest BCUT2D eigenvalue weighted by atomic mass is 19.1. The number of halogens is 1. The Morgan fingerprint density at radius 1 is 1.12 bits per heavy atom. The van der Waals surface area contributed by atoms with Crippen LogP contribution in [0.25, 0.3) is 0 Å². The zero-order valence-corrected chi connectivity index (χ0v) is 14.5. The molecule has 1 saturated heterocycles. The number of piperidine rings is 1. The Kier molecular flexibility index (Phi) is 5.63. The molecule has 0 atom stereocenters. The summed E-state index contributed by atoms with van der Waals surface area (Å²) in [5.74, 6) is -0.843. The number of carbonyl (C=O) groups is 2. The van der Waals surface area contributed by atoms with Gasteiger partial charge in [0.05, 0.1) is 0 Å². The van der Waals surface area contributed by atoms with Crippen molar-refractivity contribution in [3.8, 4) is 0 Å². The molecule has 0 aliphatic carbocycles. The Morgan fingerprint density at radius 2 is 1.81 bits per heavy atom. The maximum Gasteiger partial charge on any atom is 0.248 e. The molecule has 5 nitrogen and oxygen atoms in total. The molecule has 26 heavy (non-hydrogen) atoms. The van der Waals surface area contributed by atoms with Crippen molar-refractivity contribution in [2.24, 2.45) is 11.7 Å². The topological polar surface area (TPSA) is 75.4 Å². The Morgan fingerprint density at radius 3 is 2.46 bits per heavy atom. The molecule has 1 aliphatic heterocycles. The Bertz CT molecular complexity index is 784. The van der Waals surface area contributed by atoms with Crippen LogP contribution in [0, 0.1) is 11.7 Å². The van der Waals surface area contributed by atoms with E-state index in [2.05, 4.69) is 10.2 Å². The van der Waals surface area contributed by atoms with E-state index < -0.39 is 5.91 Å². The Labute approximate surface area is 152 Å². The lowest BCUT2D eigenvalue weighted by Crippen LogP contribution is -2.37. The van der Waals surface area contributed by atoms with Gasteiger partial charge < -0.3 is 11.1 Å². The molecule has 1 heterocycles. The highest BCUT2D eigenvalue weighted by Crippen LogP contribution is 2.21. The van der Waals surface area contributed by atoms with Gasteiger partial charge in [0.15, 0.2) is 0 Å². The summed E-state index contributed by atoms with van der Waals surface area (Å²) in [4.78, 5) is 26.0. The molecule has 0 aromatic heterocycles. The van der Waals surface area contributed by atoms with Crippen LogP contribution in [-0.4, -0.2) is 29.8 Å². The standard InChI is InChI=1S/C20H22FN3O2/c21-17-6-4-14(5-7-17)13-24-10-8-15(9-11-24)20(26)23-18-3-1-2-16(12-18)19(22)25/h1-7,12,15H,8-11,13H2,(H2,22,25)(H,23,26). The monoisotopic (exact) mass is 355 g/mol. The Hall–Kier alpha value is -2.73. The van der Waals surface area contributed by atoms with Crippen molar-refractivity contribution in [2.75, 3.05) is 18.4 Å². The summed E-state index contributed by atoms with van der Waals surface area (Å²) >= 11 is 0. The average molecular weight is 355 g/mol. The summed E-state index contributed by atoms with van der Waals surface area (Å²) in [5.41, 5.74) is 7.29. The van der Waals surface area contributed by atoms with Gasteiger partial charge in [-0.05, 0) is 61.8 Å². The lowest BCUT2D eigenvalue weighted by molar-refractivity contribution is -0.121. The number of hydrogen-bond donors (Lipinski definition) is 2. The second kappa shape index (κ2) is 8.10. The number of rotatable bonds is 5. The van der Waals surface area contributed by atoms with Crippen molar-refractivity contribution in [2.45, 2.75) is 19.4 Å². The summed E-state index contributed by atoms with van der Waals surface area (Å²) in [6.07, 6.45) is 1.53. The largest absolute Gasteiger partial charge is 0.366 e. The average Bonchev–Trinajstić information content (AvgIpc) is 2.64. The van der Waals surface area contributed by atoms with E-state index in [0.29, 0.717) is 11.3 Å². The van der Waals surface area contributed by atoms with Crippen LogP contribution >= 0.6 is 0 Å². The predicted octanol–water partition coefficient (Wildman–Crippen LogP) is 2.78. The van der Waals surface area contributed by atoms with E-state index in [0.717, 1.165) is 38.0 Å². The van der Waals surface area contributed by atoms with Crippen LogP contribution in [0.2, 0.25) is 0 Å². The maximum absolute atomic E-state index is 13.0. The number of carbonyl (C=O) groups excluding carboxylic acids is 2. The van der Waals surface area contributed by atoms with E-state index >= 15 is 0 Å². The molecule has 1 aliphatic rings. The van der Waals surface area contributed by atoms with Crippen molar-refractivity contribution in [1.29, 1.82) is 0 Å². The first-order chi connectivity index (χ1) is 12.5. The predicted molar refractivity (Wildman–Crippen MR) is 98.0 cm³/mol. The highest BCUT2D eigenvalue weighted by molar-refractivity contribution is 5.96. The summed E-state index contributed by atoms with van der Waals surface area (Å²) in [6, 6.07) is 13.2. The third-order valence-corrected chi connectivity index (χ3v) is 4.69. The number of benzene rings is 2. The van der Waals surface area contributed by atoms with Crippen molar-refractivity contribution >= 4 is 17.5 Å². The number of likely N-dealkylation sites (tertiary alicyclic amines) is 1. The molecule has 1 fully saturated rings. The van der Waals surface area contributed by atoms with Gasteiger partial charge in [-0.1, -0.05) is 18.2 Å². The first-order valence-electron chi connectivity index (χ1n) is 8.69. The van der Waals surface area contributed by atoms with Crippen molar-refractivity contribution < 1.29 is 14.0 Å². The maximum atomic E-state index is 13.0. The number of nitrogens with one attached hydrogen (secondary N) is 1. The summed E-state index contributed by atoms with van der Waals surface area (Å²) in [7, 11) is 0. The van der Waals surface area contributed by atoms with Crippen LogP contribution in [0.5, 0.6) is 0 Å². The number of nitrogens with two attached hydrogens (primary N) is 1. The minimum absolute atomic E-state index is 0.0342. The van der Waals surface area contributed by atoms with Crippen LogP contribution in [0.3, 0.4) is 0 Å². The third kappa shape index (κ3) is 4.67.